The molecule has 1 saturated heterocycles. The molecule has 6 heteroatoms. The fourth-order valence-electron chi connectivity index (χ4n) is 3.32. The minimum absolute atomic E-state index is 0.0817. The molecule has 3 aromatic carbocycles. The minimum atomic E-state index is -0.0817. The lowest BCUT2D eigenvalue weighted by molar-refractivity contribution is -0.122. The largest absolute Gasteiger partial charge is 0.496 e. The number of para-hydroxylation sites is 1. The van der Waals surface area contributed by atoms with Crippen LogP contribution in [0.4, 0.5) is 5.69 Å². The fraction of sp³-hybridized carbons (Fsp3) is 0.167. The lowest BCUT2D eigenvalue weighted by Gasteiger charge is -2.14. The summed E-state index contributed by atoms with van der Waals surface area (Å²) in [7, 11) is 3.27. The van der Waals surface area contributed by atoms with Crippen molar-refractivity contribution in [3.63, 3.8) is 0 Å². The molecule has 0 atom stereocenters. The summed E-state index contributed by atoms with van der Waals surface area (Å²) in [5, 5.41) is 2.78. The van der Waals surface area contributed by atoms with Gasteiger partial charge in [-0.15, -0.1) is 0 Å². The lowest BCUT2D eigenvalue weighted by atomic mass is 10.0. The number of methoxy groups -OCH3 is 2. The van der Waals surface area contributed by atoms with E-state index in [1.807, 2.05) is 72.8 Å². The van der Waals surface area contributed by atoms with Crippen LogP contribution in [0.15, 0.2) is 76.6 Å². The van der Waals surface area contributed by atoms with Gasteiger partial charge in [0.2, 0.25) is 0 Å². The Morgan fingerprint density at radius 3 is 2.53 bits per heavy atom. The number of aliphatic imine (C=N–C) groups is 1. The zero-order valence-electron chi connectivity index (χ0n) is 16.9. The van der Waals surface area contributed by atoms with E-state index in [1.165, 1.54) is 11.8 Å². The first-order chi connectivity index (χ1) is 14.7. The Morgan fingerprint density at radius 2 is 1.77 bits per heavy atom. The Kier molecular flexibility index (Phi) is 6.16. The molecule has 0 radical (unpaired) electrons. The first-order valence-electron chi connectivity index (χ1n) is 9.61. The number of carbonyl (C=O) groups is 1. The van der Waals surface area contributed by atoms with E-state index in [1.54, 1.807) is 19.1 Å². The van der Waals surface area contributed by atoms with E-state index in [9.17, 15) is 4.79 Å². The van der Waals surface area contributed by atoms with Crippen molar-refractivity contribution in [3.05, 3.63) is 77.2 Å². The molecule has 1 aliphatic rings. The van der Waals surface area contributed by atoms with Gasteiger partial charge < -0.3 is 9.47 Å². The van der Waals surface area contributed by atoms with Gasteiger partial charge in [-0.1, -0.05) is 48.5 Å². The topological polar surface area (TPSA) is 51.1 Å². The van der Waals surface area contributed by atoms with Crippen LogP contribution >= 0.6 is 11.8 Å². The van der Waals surface area contributed by atoms with E-state index in [4.69, 9.17) is 14.5 Å². The second kappa shape index (κ2) is 9.15. The number of amidine groups is 1. The van der Waals surface area contributed by atoms with Crippen LogP contribution in [0.25, 0.3) is 16.8 Å². The molecule has 1 fully saturated rings. The second-order valence-corrected chi connectivity index (χ2v) is 7.70. The van der Waals surface area contributed by atoms with Gasteiger partial charge in [-0.05, 0) is 46.8 Å². The van der Waals surface area contributed by atoms with Gasteiger partial charge in [0.05, 0.1) is 30.9 Å². The maximum absolute atomic E-state index is 13.2. The lowest BCUT2D eigenvalue weighted by Crippen LogP contribution is -2.32. The Labute approximate surface area is 180 Å². The number of benzene rings is 3. The monoisotopic (exact) mass is 418 g/mol. The normalized spacial score (nSPS) is 16.7. The first-order valence-corrected chi connectivity index (χ1v) is 10.4. The maximum Gasteiger partial charge on any atom is 0.266 e. The van der Waals surface area contributed by atoms with E-state index >= 15 is 0 Å². The molecule has 30 heavy (non-hydrogen) atoms. The molecule has 5 nitrogen and oxygen atoms in total. The van der Waals surface area contributed by atoms with Gasteiger partial charge in [-0.3, -0.25) is 9.69 Å². The highest BCUT2D eigenvalue weighted by molar-refractivity contribution is 8.18. The second-order valence-electron chi connectivity index (χ2n) is 6.69. The number of amides is 1. The summed E-state index contributed by atoms with van der Waals surface area (Å²) in [4.78, 5) is 20.2. The van der Waals surface area contributed by atoms with E-state index < -0.39 is 0 Å². The first kappa shape index (κ1) is 20.2. The number of fused-ring (bicyclic) bond motifs is 1. The van der Waals surface area contributed by atoms with Crippen LogP contribution in [0.5, 0.6) is 5.75 Å². The van der Waals surface area contributed by atoms with Gasteiger partial charge in [0.25, 0.3) is 5.91 Å². The van der Waals surface area contributed by atoms with E-state index in [2.05, 4.69) is 0 Å². The SMILES string of the molecule is COCCN1C(=O)C(=Cc2c(OC)ccc3ccccc23)SC1=Nc1ccccc1. The van der Waals surface area contributed by atoms with Gasteiger partial charge in [-0.2, -0.15) is 0 Å². The Morgan fingerprint density at radius 1 is 1.00 bits per heavy atom. The summed E-state index contributed by atoms with van der Waals surface area (Å²) in [6, 6.07) is 21.7. The number of thioether (sulfide) groups is 1. The van der Waals surface area contributed by atoms with E-state index in [0.717, 1.165) is 27.8 Å². The molecule has 0 spiro atoms. The molecule has 0 bridgehead atoms. The van der Waals surface area contributed by atoms with Gasteiger partial charge >= 0.3 is 0 Å². The Balaban J connectivity index is 1.78. The van der Waals surface area contributed by atoms with Gasteiger partial charge in [0.1, 0.15) is 5.75 Å². The summed E-state index contributed by atoms with van der Waals surface area (Å²) in [5.41, 5.74) is 1.69. The molecule has 3 aromatic rings. The summed E-state index contributed by atoms with van der Waals surface area (Å²) in [6.45, 7) is 0.878. The van der Waals surface area contributed by atoms with Crippen LogP contribution in [0.2, 0.25) is 0 Å². The Bertz CT molecular complexity index is 1130. The van der Waals surface area contributed by atoms with Crippen LogP contribution in [0.3, 0.4) is 0 Å². The smallest absolute Gasteiger partial charge is 0.266 e. The third-order valence-corrected chi connectivity index (χ3v) is 5.82. The van der Waals surface area contributed by atoms with Gasteiger partial charge in [-0.25, -0.2) is 4.99 Å². The molecule has 4 rings (SSSR count). The van der Waals surface area contributed by atoms with Crippen molar-refractivity contribution < 1.29 is 14.3 Å². The van der Waals surface area contributed by atoms with E-state index in [-0.39, 0.29) is 5.91 Å². The number of rotatable bonds is 6. The average molecular weight is 419 g/mol. The minimum Gasteiger partial charge on any atom is -0.496 e. The molecule has 1 amide bonds. The van der Waals surface area contributed by atoms with Crippen molar-refractivity contribution in [2.45, 2.75) is 0 Å². The summed E-state index contributed by atoms with van der Waals surface area (Å²) in [6.07, 6.45) is 1.90. The Hall–Kier alpha value is -3.09. The maximum atomic E-state index is 13.2. The zero-order chi connectivity index (χ0) is 20.9. The van der Waals surface area contributed by atoms with Crippen molar-refractivity contribution in [1.82, 2.24) is 4.90 Å². The van der Waals surface area contributed by atoms with Gasteiger partial charge in [0.15, 0.2) is 5.17 Å². The molecule has 152 valence electrons. The number of hydrogen-bond acceptors (Lipinski definition) is 5. The predicted octanol–water partition coefficient (Wildman–Crippen LogP) is 5.10. The number of hydrogen-bond donors (Lipinski definition) is 0. The number of carbonyl (C=O) groups excluding carboxylic acids is 1. The molecule has 0 unspecified atom stereocenters. The molecule has 0 aliphatic carbocycles. The molecule has 0 saturated carbocycles. The highest BCUT2D eigenvalue weighted by Crippen LogP contribution is 2.37. The summed E-state index contributed by atoms with van der Waals surface area (Å²) >= 11 is 1.37. The highest BCUT2D eigenvalue weighted by Gasteiger charge is 2.33. The molecule has 1 heterocycles. The van der Waals surface area contributed by atoms with Crippen molar-refractivity contribution >= 4 is 45.4 Å². The fourth-order valence-corrected chi connectivity index (χ4v) is 4.32. The third-order valence-electron chi connectivity index (χ3n) is 4.81. The van der Waals surface area contributed by atoms with E-state index in [0.29, 0.717) is 23.2 Å². The molecule has 1 aliphatic heterocycles. The third kappa shape index (κ3) is 4.10. The molecular formula is C24H22N2O3S. The van der Waals surface area contributed by atoms with Crippen molar-refractivity contribution in [2.24, 2.45) is 4.99 Å². The quantitative estimate of drug-likeness (QED) is 0.523. The standard InChI is InChI=1S/C24H22N2O3S/c1-28-15-14-26-23(27)22(30-24(26)25-18-9-4-3-5-10-18)16-20-19-11-7-6-8-17(19)12-13-21(20)29-2/h3-13,16H,14-15H2,1-2H3. The van der Waals surface area contributed by atoms with Crippen LogP contribution < -0.4 is 4.74 Å². The predicted molar refractivity (Wildman–Crippen MR) is 123 cm³/mol. The highest BCUT2D eigenvalue weighted by atomic mass is 32.2. The van der Waals surface area contributed by atoms with Crippen LogP contribution in [0, 0.1) is 0 Å². The summed E-state index contributed by atoms with van der Waals surface area (Å²) < 4.78 is 10.8. The van der Waals surface area contributed by atoms with Crippen LogP contribution in [-0.4, -0.2) is 43.3 Å². The molecular weight excluding hydrogens is 396 g/mol. The molecule has 0 aromatic heterocycles. The van der Waals surface area contributed by atoms with Crippen molar-refractivity contribution in [2.75, 3.05) is 27.4 Å². The number of ether oxygens (including phenoxy) is 2. The van der Waals surface area contributed by atoms with Crippen molar-refractivity contribution in [3.8, 4) is 5.75 Å². The molecule has 0 N–H and O–H groups in total. The van der Waals surface area contributed by atoms with Crippen LogP contribution in [-0.2, 0) is 9.53 Å². The average Bonchev–Trinajstić information content (AvgIpc) is 3.07. The van der Waals surface area contributed by atoms with Crippen molar-refractivity contribution in [1.29, 1.82) is 0 Å². The summed E-state index contributed by atoms with van der Waals surface area (Å²) in [5.74, 6) is 0.646. The number of nitrogens with zero attached hydrogens (tertiary/aromatic N) is 2. The van der Waals surface area contributed by atoms with Crippen LogP contribution in [0.1, 0.15) is 5.56 Å². The van der Waals surface area contributed by atoms with Gasteiger partial charge in [0, 0.05) is 12.7 Å². The zero-order valence-corrected chi connectivity index (χ0v) is 17.7.